The highest BCUT2D eigenvalue weighted by Gasteiger charge is 2.17. The first kappa shape index (κ1) is 13.5. The predicted molar refractivity (Wildman–Crippen MR) is 69.1 cm³/mol. The highest BCUT2D eigenvalue weighted by Crippen LogP contribution is 2.23. The van der Waals surface area contributed by atoms with Gasteiger partial charge in [-0.3, -0.25) is 0 Å². The largest absolute Gasteiger partial charge is 0.347 e. The second-order valence-electron chi connectivity index (χ2n) is 3.51. The monoisotopic (exact) mass is 251 g/mol. The summed E-state index contributed by atoms with van der Waals surface area (Å²) in [5.41, 5.74) is 0.592. The molecule has 0 saturated heterocycles. The van der Waals surface area contributed by atoms with E-state index in [1.54, 1.807) is 36.3 Å². The van der Waals surface area contributed by atoms with Crippen LogP contribution < -0.4 is 0 Å². The van der Waals surface area contributed by atoms with E-state index in [1.165, 1.54) is 17.8 Å². The number of nitriles is 1. The minimum absolute atomic E-state index is 0.171. The molecule has 0 heterocycles. The van der Waals surface area contributed by atoms with Gasteiger partial charge in [-0.25, -0.2) is 4.39 Å². The van der Waals surface area contributed by atoms with E-state index in [1.807, 2.05) is 13.2 Å². The van der Waals surface area contributed by atoms with Crippen molar-refractivity contribution in [2.75, 3.05) is 13.3 Å². The molecule has 0 aliphatic carbocycles. The average Bonchev–Trinajstić information content (AvgIpc) is 2.35. The number of rotatable bonds is 2. The summed E-state index contributed by atoms with van der Waals surface area (Å²) in [6, 6.07) is 6.45. The summed E-state index contributed by atoms with van der Waals surface area (Å²) in [5.74, 6) is -0.246. The van der Waals surface area contributed by atoms with E-state index >= 15 is 0 Å². The van der Waals surface area contributed by atoms with Crippen molar-refractivity contribution in [1.29, 1.82) is 5.26 Å². The van der Waals surface area contributed by atoms with Crippen molar-refractivity contribution in [2.24, 2.45) is 4.99 Å². The summed E-state index contributed by atoms with van der Waals surface area (Å²) in [5, 5.41) is 9.14. The van der Waals surface area contributed by atoms with E-state index in [9.17, 15) is 4.39 Å². The summed E-state index contributed by atoms with van der Waals surface area (Å²) in [7, 11) is 1.80. The van der Waals surface area contributed by atoms with Crippen LogP contribution in [0.3, 0.4) is 0 Å². The Morgan fingerprint density at radius 2 is 2.18 bits per heavy atom. The van der Waals surface area contributed by atoms with Gasteiger partial charge in [-0.1, -0.05) is 30.0 Å². The van der Waals surface area contributed by atoms with E-state index < -0.39 is 0 Å². The van der Waals surface area contributed by atoms with Gasteiger partial charge in [-0.2, -0.15) is 5.26 Å². The molecule has 3 nitrogen and oxygen atoms in total. The van der Waals surface area contributed by atoms with Gasteiger partial charge in [0.15, 0.2) is 5.17 Å². The highest BCUT2D eigenvalue weighted by atomic mass is 32.2. The van der Waals surface area contributed by atoms with Gasteiger partial charge < -0.3 is 4.90 Å². The van der Waals surface area contributed by atoms with Crippen molar-refractivity contribution >= 4 is 16.9 Å². The van der Waals surface area contributed by atoms with Crippen molar-refractivity contribution < 1.29 is 4.39 Å². The van der Waals surface area contributed by atoms with Gasteiger partial charge in [0.25, 0.3) is 0 Å². The third kappa shape index (κ3) is 3.21. The maximum atomic E-state index is 13.6. The molecule has 17 heavy (non-hydrogen) atoms. The molecule has 1 aromatic rings. The van der Waals surface area contributed by atoms with Crippen LogP contribution in [0.25, 0.3) is 0 Å². The van der Waals surface area contributed by atoms with E-state index in [2.05, 4.69) is 4.99 Å². The predicted octanol–water partition coefficient (Wildman–Crippen LogP) is 3.02. The van der Waals surface area contributed by atoms with Crippen molar-refractivity contribution in [3.8, 4) is 6.19 Å². The number of thioether (sulfide) groups is 1. The number of benzene rings is 1. The molecule has 0 spiro atoms. The Labute approximate surface area is 105 Å². The molecular weight excluding hydrogens is 237 g/mol. The number of aliphatic imine (C=N–C) groups is 1. The summed E-state index contributed by atoms with van der Waals surface area (Å²) in [4.78, 5) is 5.49. The Kier molecular flexibility index (Phi) is 4.98. The molecule has 0 aliphatic rings. The molecule has 0 amide bonds. The zero-order chi connectivity index (χ0) is 12.8. The molecule has 90 valence electrons. The lowest BCUT2D eigenvalue weighted by atomic mass is 10.1. The third-order valence-electron chi connectivity index (χ3n) is 2.57. The van der Waals surface area contributed by atoms with Gasteiger partial charge in [0.1, 0.15) is 5.82 Å². The van der Waals surface area contributed by atoms with Gasteiger partial charge in [0.05, 0.1) is 6.04 Å². The fourth-order valence-electron chi connectivity index (χ4n) is 1.50. The Morgan fingerprint density at radius 3 is 2.71 bits per heavy atom. The van der Waals surface area contributed by atoms with Crippen LogP contribution in [0.5, 0.6) is 0 Å². The topological polar surface area (TPSA) is 39.4 Å². The fraction of sp³-hybridized carbons (Fsp3) is 0.333. The van der Waals surface area contributed by atoms with Gasteiger partial charge >= 0.3 is 0 Å². The number of hydrogen-bond donors (Lipinski definition) is 0. The van der Waals surface area contributed by atoms with Crippen LogP contribution in [-0.4, -0.2) is 23.4 Å². The number of nitrogens with zero attached hydrogens (tertiary/aromatic N) is 3. The quantitative estimate of drug-likeness (QED) is 0.461. The van der Waals surface area contributed by atoms with Crippen LogP contribution in [0.2, 0.25) is 0 Å². The Morgan fingerprint density at radius 1 is 1.53 bits per heavy atom. The van der Waals surface area contributed by atoms with Crippen molar-refractivity contribution in [3.63, 3.8) is 0 Å². The van der Waals surface area contributed by atoms with Crippen LogP contribution in [0.4, 0.5) is 4.39 Å². The fourth-order valence-corrected chi connectivity index (χ4v) is 2.08. The molecule has 1 atom stereocenters. The third-order valence-corrected chi connectivity index (χ3v) is 3.31. The number of amidine groups is 1. The zero-order valence-corrected chi connectivity index (χ0v) is 10.8. The Hall–Kier alpha value is -1.54. The maximum Gasteiger partial charge on any atom is 0.208 e. The van der Waals surface area contributed by atoms with Crippen molar-refractivity contribution in [2.45, 2.75) is 13.0 Å². The van der Waals surface area contributed by atoms with E-state index in [0.29, 0.717) is 10.7 Å². The van der Waals surface area contributed by atoms with Gasteiger partial charge in [-0.15, -0.1) is 4.99 Å². The molecular formula is C12H14FN3S. The molecule has 5 heteroatoms. The zero-order valence-electron chi connectivity index (χ0n) is 10.0. The summed E-state index contributed by atoms with van der Waals surface area (Å²) < 4.78 is 13.6. The lowest BCUT2D eigenvalue weighted by Crippen LogP contribution is -2.27. The average molecular weight is 251 g/mol. The second kappa shape index (κ2) is 6.26. The molecule has 1 unspecified atom stereocenters. The Bertz CT molecular complexity index is 453. The lowest BCUT2D eigenvalue weighted by Gasteiger charge is -2.26. The van der Waals surface area contributed by atoms with Crippen molar-refractivity contribution in [1.82, 2.24) is 4.90 Å². The van der Waals surface area contributed by atoms with Gasteiger partial charge in [0, 0.05) is 12.6 Å². The molecule has 0 bridgehead atoms. The van der Waals surface area contributed by atoms with E-state index in [0.717, 1.165) is 0 Å². The van der Waals surface area contributed by atoms with Gasteiger partial charge in [0.2, 0.25) is 6.19 Å². The van der Waals surface area contributed by atoms with Crippen LogP contribution in [0.1, 0.15) is 18.5 Å². The lowest BCUT2D eigenvalue weighted by molar-refractivity contribution is 0.396. The smallest absolute Gasteiger partial charge is 0.208 e. The normalized spacial score (nSPS) is 13.0. The molecule has 0 aromatic heterocycles. The Balaban J connectivity index is 2.98. The minimum Gasteiger partial charge on any atom is -0.347 e. The SMILES string of the molecule is CSC(=NC#N)N(C)C(C)c1ccccc1F. The summed E-state index contributed by atoms with van der Waals surface area (Å²) in [6.07, 6.45) is 3.59. The molecule has 1 rings (SSSR count). The first-order valence-corrected chi connectivity index (χ1v) is 6.32. The molecule has 0 fully saturated rings. The van der Waals surface area contributed by atoms with E-state index in [-0.39, 0.29) is 11.9 Å². The van der Waals surface area contributed by atoms with E-state index in [4.69, 9.17) is 5.26 Å². The summed E-state index contributed by atoms with van der Waals surface area (Å²) in [6.45, 7) is 1.88. The standard InChI is InChI=1S/C12H14FN3S/c1-9(10-6-4-5-7-11(10)13)16(2)12(17-3)15-8-14/h4-7,9H,1-3H3. The highest BCUT2D eigenvalue weighted by molar-refractivity contribution is 8.13. The molecule has 0 N–H and O–H groups in total. The maximum absolute atomic E-state index is 13.6. The molecule has 0 saturated carbocycles. The van der Waals surface area contributed by atoms with Crippen LogP contribution >= 0.6 is 11.8 Å². The molecule has 1 aromatic carbocycles. The van der Waals surface area contributed by atoms with Crippen molar-refractivity contribution in [3.05, 3.63) is 35.6 Å². The summed E-state index contributed by atoms with van der Waals surface area (Å²) >= 11 is 1.36. The number of hydrogen-bond acceptors (Lipinski definition) is 3. The molecule has 0 radical (unpaired) electrons. The van der Waals surface area contributed by atoms with Crippen LogP contribution in [0.15, 0.2) is 29.3 Å². The van der Waals surface area contributed by atoms with Gasteiger partial charge in [-0.05, 0) is 19.2 Å². The van der Waals surface area contributed by atoms with Crippen LogP contribution in [-0.2, 0) is 0 Å². The first-order valence-electron chi connectivity index (χ1n) is 5.09. The molecule has 0 aliphatic heterocycles. The van der Waals surface area contributed by atoms with Crippen LogP contribution in [0, 0.1) is 17.3 Å². The second-order valence-corrected chi connectivity index (χ2v) is 4.28. The minimum atomic E-state index is -0.246. The number of halogens is 1. The first-order chi connectivity index (χ1) is 8.11.